The minimum atomic E-state index is -0.144. The maximum absolute atomic E-state index is 13.2. The van der Waals surface area contributed by atoms with Gasteiger partial charge in [0.15, 0.2) is 0 Å². The number of halogens is 1. The van der Waals surface area contributed by atoms with Crippen LogP contribution in [0, 0.1) is 0 Å². The number of methoxy groups -OCH3 is 1. The molecule has 3 nitrogen and oxygen atoms in total. The molecule has 0 fully saturated rings. The van der Waals surface area contributed by atoms with Crippen LogP contribution >= 0.6 is 22.9 Å². The molecule has 0 bridgehead atoms. The van der Waals surface area contributed by atoms with Crippen LogP contribution in [-0.4, -0.2) is 13.0 Å². The van der Waals surface area contributed by atoms with Crippen molar-refractivity contribution in [3.05, 3.63) is 81.5 Å². The first-order chi connectivity index (χ1) is 11.7. The van der Waals surface area contributed by atoms with Crippen LogP contribution in [0.5, 0.6) is 5.75 Å². The minimum absolute atomic E-state index is 0.144. The molecule has 0 aliphatic heterocycles. The molecule has 0 atom stereocenters. The zero-order valence-corrected chi connectivity index (χ0v) is 14.7. The number of benzene rings is 2. The molecule has 0 spiro atoms. The van der Waals surface area contributed by atoms with Crippen molar-refractivity contribution >= 4 is 34.5 Å². The van der Waals surface area contributed by atoms with Crippen molar-refractivity contribution in [1.82, 2.24) is 0 Å². The molecular weight excluding hydrogens is 342 g/mol. The molecule has 0 radical (unpaired) electrons. The average molecular weight is 358 g/mol. The number of anilines is 1. The van der Waals surface area contributed by atoms with Gasteiger partial charge < -0.3 is 9.64 Å². The molecule has 0 aliphatic rings. The predicted octanol–water partition coefficient (Wildman–Crippen LogP) is 5.26. The molecule has 24 heavy (non-hydrogen) atoms. The van der Waals surface area contributed by atoms with Gasteiger partial charge in [-0.3, -0.25) is 4.79 Å². The van der Waals surface area contributed by atoms with Gasteiger partial charge in [0.1, 0.15) is 5.75 Å². The van der Waals surface area contributed by atoms with Crippen molar-refractivity contribution in [3.8, 4) is 5.75 Å². The van der Waals surface area contributed by atoms with Gasteiger partial charge in [0, 0.05) is 4.88 Å². The Balaban J connectivity index is 2.04. The topological polar surface area (TPSA) is 29.5 Å². The summed E-state index contributed by atoms with van der Waals surface area (Å²) < 4.78 is 5.34. The van der Waals surface area contributed by atoms with Crippen molar-refractivity contribution in [2.45, 2.75) is 6.54 Å². The van der Waals surface area contributed by atoms with E-state index in [4.69, 9.17) is 16.3 Å². The Hall–Kier alpha value is -2.30. The normalized spacial score (nSPS) is 10.4. The summed E-state index contributed by atoms with van der Waals surface area (Å²) in [7, 11) is 1.56. The third-order valence-electron chi connectivity index (χ3n) is 3.62. The SMILES string of the molecule is COc1ccccc1C(=O)N(Cc1cccs1)c1ccccc1Cl. The molecule has 5 heteroatoms. The summed E-state index contributed by atoms with van der Waals surface area (Å²) >= 11 is 7.95. The lowest BCUT2D eigenvalue weighted by molar-refractivity contribution is 0.0982. The van der Waals surface area contributed by atoms with Gasteiger partial charge in [0.2, 0.25) is 0 Å². The zero-order chi connectivity index (χ0) is 16.9. The van der Waals surface area contributed by atoms with Crippen LogP contribution in [0.15, 0.2) is 66.0 Å². The number of carbonyl (C=O) groups is 1. The van der Waals surface area contributed by atoms with Gasteiger partial charge in [0.05, 0.1) is 29.9 Å². The molecule has 1 amide bonds. The third kappa shape index (κ3) is 3.45. The Labute approximate surface area is 150 Å². The van der Waals surface area contributed by atoms with Gasteiger partial charge >= 0.3 is 0 Å². The first-order valence-corrected chi connectivity index (χ1v) is 8.68. The largest absolute Gasteiger partial charge is 0.496 e. The van der Waals surface area contributed by atoms with Gasteiger partial charge in [-0.25, -0.2) is 0 Å². The molecule has 0 saturated heterocycles. The summed E-state index contributed by atoms with van der Waals surface area (Å²) in [5, 5.41) is 2.53. The molecule has 0 aliphatic carbocycles. The monoisotopic (exact) mass is 357 g/mol. The molecule has 2 aromatic carbocycles. The smallest absolute Gasteiger partial charge is 0.262 e. The number of carbonyl (C=O) groups excluding carboxylic acids is 1. The van der Waals surface area contributed by atoms with E-state index in [1.165, 1.54) is 0 Å². The lowest BCUT2D eigenvalue weighted by Crippen LogP contribution is -2.30. The van der Waals surface area contributed by atoms with E-state index in [-0.39, 0.29) is 5.91 Å². The highest BCUT2D eigenvalue weighted by Crippen LogP contribution is 2.30. The van der Waals surface area contributed by atoms with Crippen LogP contribution in [0.1, 0.15) is 15.2 Å². The van der Waals surface area contributed by atoms with Gasteiger partial charge in [-0.05, 0) is 35.7 Å². The van der Waals surface area contributed by atoms with E-state index in [0.717, 1.165) is 4.88 Å². The number of para-hydroxylation sites is 2. The molecule has 3 aromatic rings. The Morgan fingerprint density at radius 1 is 1.08 bits per heavy atom. The standard InChI is InChI=1S/C19H16ClNO2S/c1-23-18-11-5-2-8-15(18)19(22)21(13-14-7-6-12-24-14)17-10-4-3-9-16(17)20/h2-12H,13H2,1H3. The fourth-order valence-corrected chi connectivity index (χ4v) is 3.39. The van der Waals surface area contributed by atoms with Crippen LogP contribution in [0.2, 0.25) is 5.02 Å². The predicted molar refractivity (Wildman–Crippen MR) is 99.3 cm³/mol. The van der Waals surface area contributed by atoms with Gasteiger partial charge in [-0.15, -0.1) is 11.3 Å². The summed E-state index contributed by atoms with van der Waals surface area (Å²) in [6.45, 7) is 0.457. The summed E-state index contributed by atoms with van der Waals surface area (Å²) in [6, 6.07) is 18.5. The highest BCUT2D eigenvalue weighted by atomic mass is 35.5. The highest BCUT2D eigenvalue weighted by Gasteiger charge is 2.23. The number of nitrogens with zero attached hydrogens (tertiary/aromatic N) is 1. The summed E-state index contributed by atoms with van der Waals surface area (Å²) in [4.78, 5) is 16.0. The number of amides is 1. The van der Waals surface area contributed by atoms with Crippen LogP contribution < -0.4 is 9.64 Å². The fourth-order valence-electron chi connectivity index (χ4n) is 2.46. The van der Waals surface area contributed by atoms with Crippen molar-refractivity contribution in [3.63, 3.8) is 0 Å². The molecule has 0 N–H and O–H groups in total. The molecular formula is C19H16ClNO2S. The number of hydrogen-bond donors (Lipinski definition) is 0. The second-order valence-electron chi connectivity index (χ2n) is 5.12. The van der Waals surface area contributed by atoms with Crippen molar-refractivity contribution < 1.29 is 9.53 Å². The van der Waals surface area contributed by atoms with Crippen LogP contribution in [0.4, 0.5) is 5.69 Å². The summed E-state index contributed by atoms with van der Waals surface area (Å²) in [5.41, 5.74) is 1.19. The summed E-state index contributed by atoms with van der Waals surface area (Å²) in [5.74, 6) is 0.402. The van der Waals surface area contributed by atoms with Crippen molar-refractivity contribution in [1.29, 1.82) is 0 Å². The molecule has 122 valence electrons. The minimum Gasteiger partial charge on any atom is -0.496 e. The summed E-state index contributed by atoms with van der Waals surface area (Å²) in [6.07, 6.45) is 0. The lowest BCUT2D eigenvalue weighted by Gasteiger charge is -2.24. The molecule has 0 unspecified atom stereocenters. The van der Waals surface area contributed by atoms with Crippen LogP contribution in [0.25, 0.3) is 0 Å². The van der Waals surface area contributed by atoms with Crippen LogP contribution in [0.3, 0.4) is 0 Å². The number of ether oxygens (including phenoxy) is 1. The second kappa shape index (κ2) is 7.51. The van der Waals surface area contributed by atoms with E-state index in [1.54, 1.807) is 41.5 Å². The molecule has 1 aromatic heterocycles. The lowest BCUT2D eigenvalue weighted by atomic mass is 10.1. The van der Waals surface area contributed by atoms with Crippen LogP contribution in [-0.2, 0) is 6.54 Å². The van der Waals surface area contributed by atoms with E-state index in [2.05, 4.69) is 0 Å². The van der Waals surface area contributed by atoms with Gasteiger partial charge in [-0.1, -0.05) is 41.9 Å². The van der Waals surface area contributed by atoms with E-state index >= 15 is 0 Å². The first kappa shape index (κ1) is 16.6. The Bertz CT molecular complexity index is 833. The van der Waals surface area contributed by atoms with Crippen molar-refractivity contribution in [2.24, 2.45) is 0 Å². The quantitative estimate of drug-likeness (QED) is 0.623. The van der Waals surface area contributed by atoms with Crippen molar-refractivity contribution in [2.75, 3.05) is 12.0 Å². The van der Waals surface area contributed by atoms with E-state index < -0.39 is 0 Å². The number of rotatable bonds is 5. The average Bonchev–Trinajstić information content (AvgIpc) is 3.13. The fraction of sp³-hybridized carbons (Fsp3) is 0.105. The maximum atomic E-state index is 13.2. The first-order valence-electron chi connectivity index (χ1n) is 7.42. The zero-order valence-electron chi connectivity index (χ0n) is 13.1. The van der Waals surface area contributed by atoms with Gasteiger partial charge in [0.25, 0.3) is 5.91 Å². The number of thiophene rings is 1. The van der Waals surface area contributed by atoms with E-state index in [0.29, 0.717) is 28.6 Å². The number of hydrogen-bond acceptors (Lipinski definition) is 3. The molecule has 3 rings (SSSR count). The Kier molecular flexibility index (Phi) is 5.18. The van der Waals surface area contributed by atoms with E-state index in [1.807, 2.05) is 47.8 Å². The highest BCUT2D eigenvalue weighted by molar-refractivity contribution is 7.09. The van der Waals surface area contributed by atoms with Gasteiger partial charge in [-0.2, -0.15) is 0 Å². The second-order valence-corrected chi connectivity index (χ2v) is 6.56. The maximum Gasteiger partial charge on any atom is 0.262 e. The molecule has 1 heterocycles. The molecule has 0 saturated carbocycles. The Morgan fingerprint density at radius 2 is 1.83 bits per heavy atom. The van der Waals surface area contributed by atoms with E-state index in [9.17, 15) is 4.79 Å². The Morgan fingerprint density at radius 3 is 2.54 bits per heavy atom. The third-order valence-corrected chi connectivity index (χ3v) is 4.80.